The molecule has 1 saturated heterocycles. The van der Waals surface area contributed by atoms with Crippen LogP contribution in [0.15, 0.2) is 42.6 Å². The molecule has 24 heavy (non-hydrogen) atoms. The lowest BCUT2D eigenvalue weighted by Gasteiger charge is -2.34. The van der Waals surface area contributed by atoms with Crippen molar-refractivity contribution in [3.63, 3.8) is 0 Å². The molecule has 4 atom stereocenters. The van der Waals surface area contributed by atoms with Gasteiger partial charge in [-0.25, -0.2) is 0 Å². The highest BCUT2D eigenvalue weighted by molar-refractivity contribution is 7.99. The van der Waals surface area contributed by atoms with Gasteiger partial charge in [-0.05, 0) is 36.4 Å². The van der Waals surface area contributed by atoms with Crippen molar-refractivity contribution in [1.82, 2.24) is 4.98 Å². The molecule has 0 saturated carbocycles. The van der Waals surface area contributed by atoms with E-state index in [4.69, 9.17) is 9.47 Å². The van der Waals surface area contributed by atoms with Crippen LogP contribution in [0.4, 0.5) is 0 Å². The first-order chi connectivity index (χ1) is 11.6. The molecule has 3 N–H and O–H groups in total. The zero-order valence-electron chi connectivity index (χ0n) is 13.1. The molecule has 128 valence electrons. The molecule has 1 fully saturated rings. The molecule has 0 unspecified atom stereocenters. The quantitative estimate of drug-likeness (QED) is 0.766. The third kappa shape index (κ3) is 3.64. The Morgan fingerprint density at radius 1 is 1.00 bits per heavy atom. The molecule has 2 heterocycles. The fraction of sp³-hybridized carbons (Fsp3) is 0.353. The van der Waals surface area contributed by atoms with Gasteiger partial charge in [-0.1, -0.05) is 0 Å². The Hall–Kier alpha value is -1.80. The van der Waals surface area contributed by atoms with Gasteiger partial charge in [0.1, 0.15) is 23.7 Å². The van der Waals surface area contributed by atoms with Gasteiger partial charge in [-0.2, -0.15) is 0 Å². The summed E-state index contributed by atoms with van der Waals surface area (Å²) in [5, 5.41) is 29.2. The van der Waals surface area contributed by atoms with Crippen LogP contribution >= 0.6 is 11.8 Å². The van der Waals surface area contributed by atoms with E-state index in [2.05, 4.69) is 4.98 Å². The summed E-state index contributed by atoms with van der Waals surface area (Å²) in [5.41, 5.74) is 1.10. The second-order valence-corrected chi connectivity index (χ2v) is 6.61. The Balaban J connectivity index is 1.68. The number of aromatic nitrogens is 1. The molecule has 0 amide bonds. The molecule has 1 aliphatic rings. The van der Waals surface area contributed by atoms with Crippen LogP contribution in [0.1, 0.15) is 0 Å². The fourth-order valence-corrected chi connectivity index (χ4v) is 3.52. The number of thioether (sulfide) groups is 1. The van der Waals surface area contributed by atoms with Crippen molar-refractivity contribution in [2.45, 2.75) is 23.7 Å². The number of hydrogen-bond donors (Lipinski definition) is 3. The van der Waals surface area contributed by atoms with Crippen molar-refractivity contribution in [3.8, 4) is 22.8 Å². The molecule has 0 spiro atoms. The summed E-state index contributed by atoms with van der Waals surface area (Å²) in [4.78, 5) is 4.36. The first-order valence-corrected chi connectivity index (χ1v) is 8.56. The van der Waals surface area contributed by atoms with Crippen LogP contribution in [0.5, 0.6) is 11.5 Å². The number of methoxy groups -OCH3 is 1. The highest BCUT2D eigenvalue weighted by atomic mass is 32.2. The molecule has 1 aromatic carbocycles. The standard InChI is InChI=1S/C17H19NO5S/c1-22-11-4-2-10(3-5-11)13-7-6-12(8-18-13)23-17-16(21)15(20)14(19)9-24-17/h2-8,14-17,19-21H,9H2,1H3/t14-,15+,16-,17-/m1/s1. The van der Waals surface area contributed by atoms with Gasteiger partial charge < -0.3 is 24.8 Å². The number of aliphatic hydroxyl groups excluding tert-OH is 3. The second-order valence-electron chi connectivity index (χ2n) is 5.48. The zero-order chi connectivity index (χ0) is 17.1. The predicted octanol–water partition coefficient (Wildman–Crippen LogP) is 1.29. The van der Waals surface area contributed by atoms with Gasteiger partial charge in [0.25, 0.3) is 0 Å². The van der Waals surface area contributed by atoms with E-state index < -0.39 is 23.7 Å². The van der Waals surface area contributed by atoms with E-state index in [1.54, 1.807) is 19.4 Å². The van der Waals surface area contributed by atoms with E-state index in [1.165, 1.54) is 11.8 Å². The van der Waals surface area contributed by atoms with Gasteiger partial charge in [0, 0.05) is 11.3 Å². The van der Waals surface area contributed by atoms with Crippen LogP contribution in [0, 0.1) is 0 Å². The summed E-state index contributed by atoms with van der Waals surface area (Å²) in [7, 11) is 1.62. The smallest absolute Gasteiger partial charge is 0.173 e. The molecule has 3 rings (SSSR count). The van der Waals surface area contributed by atoms with Gasteiger partial charge >= 0.3 is 0 Å². The normalized spacial score (nSPS) is 26.8. The van der Waals surface area contributed by atoms with Crippen molar-refractivity contribution in [2.75, 3.05) is 12.9 Å². The highest BCUT2D eigenvalue weighted by Crippen LogP contribution is 2.29. The van der Waals surface area contributed by atoms with Crippen LogP contribution in [-0.4, -0.2) is 56.9 Å². The number of rotatable bonds is 4. The lowest BCUT2D eigenvalue weighted by Crippen LogP contribution is -2.50. The third-order valence-corrected chi connectivity index (χ3v) is 5.07. The van der Waals surface area contributed by atoms with E-state index in [-0.39, 0.29) is 0 Å². The molecular weight excluding hydrogens is 330 g/mol. The van der Waals surface area contributed by atoms with Gasteiger partial charge in [0.2, 0.25) is 0 Å². The molecule has 1 aliphatic heterocycles. The van der Waals surface area contributed by atoms with Gasteiger partial charge in [0.15, 0.2) is 5.44 Å². The van der Waals surface area contributed by atoms with Crippen LogP contribution < -0.4 is 9.47 Å². The van der Waals surface area contributed by atoms with Crippen molar-refractivity contribution in [3.05, 3.63) is 42.6 Å². The predicted molar refractivity (Wildman–Crippen MR) is 91.1 cm³/mol. The summed E-state index contributed by atoms with van der Waals surface area (Å²) in [6.07, 6.45) is -1.73. The summed E-state index contributed by atoms with van der Waals surface area (Å²) in [6, 6.07) is 11.1. The number of ether oxygens (including phenoxy) is 2. The number of hydrogen-bond acceptors (Lipinski definition) is 7. The van der Waals surface area contributed by atoms with Crippen LogP contribution in [0.2, 0.25) is 0 Å². The van der Waals surface area contributed by atoms with Crippen molar-refractivity contribution >= 4 is 11.8 Å². The number of benzene rings is 1. The Morgan fingerprint density at radius 3 is 2.33 bits per heavy atom. The summed E-state index contributed by atoms with van der Waals surface area (Å²) < 4.78 is 10.8. The van der Waals surface area contributed by atoms with Crippen molar-refractivity contribution in [2.24, 2.45) is 0 Å². The van der Waals surface area contributed by atoms with E-state index in [0.717, 1.165) is 17.0 Å². The third-order valence-electron chi connectivity index (χ3n) is 3.83. The first-order valence-electron chi connectivity index (χ1n) is 7.51. The highest BCUT2D eigenvalue weighted by Gasteiger charge is 2.38. The van der Waals surface area contributed by atoms with Crippen molar-refractivity contribution in [1.29, 1.82) is 0 Å². The van der Waals surface area contributed by atoms with Crippen LogP contribution in [0.25, 0.3) is 11.3 Å². The summed E-state index contributed by atoms with van der Waals surface area (Å²) in [6.45, 7) is 0. The molecule has 0 radical (unpaired) electrons. The monoisotopic (exact) mass is 349 g/mol. The van der Waals surface area contributed by atoms with E-state index in [9.17, 15) is 15.3 Å². The molecule has 6 nitrogen and oxygen atoms in total. The van der Waals surface area contributed by atoms with E-state index in [0.29, 0.717) is 11.5 Å². The molecule has 0 bridgehead atoms. The Kier molecular flexibility index (Phi) is 5.25. The summed E-state index contributed by atoms with van der Waals surface area (Å²) >= 11 is 1.26. The average molecular weight is 349 g/mol. The molecule has 1 aromatic heterocycles. The Labute approximate surface area is 144 Å². The molecule has 0 aliphatic carbocycles. The number of nitrogens with zero attached hydrogens (tertiary/aromatic N) is 1. The molecular formula is C17H19NO5S. The Bertz CT molecular complexity index is 664. The van der Waals surface area contributed by atoms with E-state index >= 15 is 0 Å². The minimum Gasteiger partial charge on any atom is -0.497 e. The lowest BCUT2D eigenvalue weighted by molar-refractivity contribution is -0.0786. The van der Waals surface area contributed by atoms with Crippen LogP contribution in [-0.2, 0) is 0 Å². The van der Waals surface area contributed by atoms with Gasteiger partial charge in [-0.3, -0.25) is 4.98 Å². The minimum absolute atomic E-state index is 0.306. The SMILES string of the molecule is COc1ccc(-c2ccc(O[C@@H]3SC[C@@H](O)[C@H](O)[C@H]3O)cn2)cc1. The average Bonchev–Trinajstić information content (AvgIpc) is 2.63. The van der Waals surface area contributed by atoms with Gasteiger partial charge in [-0.15, -0.1) is 11.8 Å². The van der Waals surface area contributed by atoms with Crippen molar-refractivity contribution < 1.29 is 24.8 Å². The maximum Gasteiger partial charge on any atom is 0.173 e. The second kappa shape index (κ2) is 7.40. The maximum absolute atomic E-state index is 9.96. The zero-order valence-corrected chi connectivity index (χ0v) is 13.9. The fourth-order valence-electron chi connectivity index (χ4n) is 2.40. The van der Waals surface area contributed by atoms with Crippen LogP contribution in [0.3, 0.4) is 0 Å². The van der Waals surface area contributed by atoms with E-state index in [1.807, 2.05) is 30.3 Å². The lowest BCUT2D eigenvalue weighted by atomic mass is 10.1. The maximum atomic E-state index is 9.96. The topological polar surface area (TPSA) is 92.0 Å². The largest absolute Gasteiger partial charge is 0.497 e. The number of aliphatic hydroxyl groups is 3. The molecule has 7 heteroatoms. The minimum atomic E-state index is -1.21. The summed E-state index contributed by atoms with van der Waals surface area (Å²) in [5.74, 6) is 1.58. The van der Waals surface area contributed by atoms with Gasteiger partial charge in [0.05, 0.1) is 25.1 Å². The number of pyridine rings is 1. The molecule has 2 aromatic rings. The first kappa shape index (κ1) is 17.0. The Morgan fingerprint density at radius 2 is 1.71 bits per heavy atom.